The Kier molecular flexibility index (Phi) is 5.09. The first kappa shape index (κ1) is 16.6. The van der Waals surface area contributed by atoms with Gasteiger partial charge in [-0.2, -0.15) is 16.9 Å². The third kappa shape index (κ3) is 3.97. The highest BCUT2D eigenvalue weighted by atomic mass is 32.2. The van der Waals surface area contributed by atoms with Crippen molar-refractivity contribution >= 4 is 11.8 Å². The molecular formula is C18H25N3OS. The molecule has 0 amide bonds. The van der Waals surface area contributed by atoms with Gasteiger partial charge < -0.3 is 10.4 Å². The average Bonchev–Trinajstić information content (AvgIpc) is 3.15. The lowest BCUT2D eigenvalue weighted by Gasteiger charge is -2.21. The third-order valence-corrected chi connectivity index (χ3v) is 5.48. The van der Waals surface area contributed by atoms with E-state index in [9.17, 15) is 5.11 Å². The Morgan fingerprint density at radius 3 is 2.78 bits per heavy atom. The molecule has 23 heavy (non-hydrogen) atoms. The normalized spacial score (nSPS) is 21.2. The summed E-state index contributed by atoms with van der Waals surface area (Å²) in [6, 6.07) is 10.2. The van der Waals surface area contributed by atoms with E-state index < -0.39 is 5.60 Å². The number of nitrogens with zero attached hydrogens (tertiary/aromatic N) is 2. The highest BCUT2D eigenvalue weighted by Gasteiger charge is 2.31. The largest absolute Gasteiger partial charge is 0.388 e. The van der Waals surface area contributed by atoms with Crippen molar-refractivity contribution in [1.29, 1.82) is 0 Å². The van der Waals surface area contributed by atoms with E-state index in [0.717, 1.165) is 35.9 Å². The van der Waals surface area contributed by atoms with Crippen LogP contribution in [0.2, 0.25) is 0 Å². The molecule has 1 aromatic carbocycles. The summed E-state index contributed by atoms with van der Waals surface area (Å²) in [6.45, 7) is 5.73. The molecule has 3 rings (SSSR count). The molecule has 2 aromatic rings. The van der Waals surface area contributed by atoms with Gasteiger partial charge in [0.25, 0.3) is 0 Å². The summed E-state index contributed by atoms with van der Waals surface area (Å²) >= 11 is 1.83. The predicted octanol–water partition coefficient (Wildman–Crippen LogP) is 2.95. The van der Waals surface area contributed by atoms with Crippen molar-refractivity contribution in [3.05, 3.63) is 47.8 Å². The first-order chi connectivity index (χ1) is 11.1. The Labute approximate surface area is 142 Å². The van der Waals surface area contributed by atoms with Crippen LogP contribution < -0.4 is 5.32 Å². The molecule has 0 bridgehead atoms. The fraction of sp³-hybridized carbons (Fsp3) is 0.500. The molecule has 0 radical (unpaired) electrons. The summed E-state index contributed by atoms with van der Waals surface area (Å²) in [5.41, 5.74) is 2.86. The van der Waals surface area contributed by atoms with Crippen LogP contribution in [-0.2, 0) is 6.54 Å². The maximum Gasteiger partial charge on any atom is 0.0869 e. The monoisotopic (exact) mass is 331 g/mol. The van der Waals surface area contributed by atoms with Crippen molar-refractivity contribution in [2.75, 3.05) is 18.1 Å². The highest BCUT2D eigenvalue weighted by molar-refractivity contribution is 7.99. The van der Waals surface area contributed by atoms with E-state index in [-0.39, 0.29) is 0 Å². The SMILES string of the molecule is CC(C)c1nn(-c2ccccc2)cc1CNCC1(O)CCSC1. The quantitative estimate of drug-likeness (QED) is 0.854. The van der Waals surface area contributed by atoms with E-state index in [4.69, 9.17) is 5.10 Å². The molecule has 1 atom stereocenters. The van der Waals surface area contributed by atoms with Crippen LogP contribution in [0, 0.1) is 0 Å². The Hall–Kier alpha value is -1.30. The van der Waals surface area contributed by atoms with Crippen LogP contribution in [-0.4, -0.2) is 38.5 Å². The predicted molar refractivity (Wildman–Crippen MR) is 96.3 cm³/mol. The molecule has 0 aliphatic carbocycles. The van der Waals surface area contributed by atoms with Gasteiger partial charge in [0.1, 0.15) is 0 Å². The van der Waals surface area contributed by atoms with Gasteiger partial charge in [-0.25, -0.2) is 4.68 Å². The van der Waals surface area contributed by atoms with Crippen LogP contribution in [0.5, 0.6) is 0 Å². The Balaban J connectivity index is 1.71. The number of rotatable bonds is 6. The molecule has 1 saturated heterocycles. The first-order valence-corrected chi connectivity index (χ1v) is 9.38. The fourth-order valence-corrected chi connectivity index (χ4v) is 4.22. The molecule has 0 saturated carbocycles. The van der Waals surface area contributed by atoms with Gasteiger partial charge in [-0.3, -0.25) is 0 Å². The van der Waals surface area contributed by atoms with Crippen LogP contribution in [0.3, 0.4) is 0 Å². The van der Waals surface area contributed by atoms with Gasteiger partial charge in [-0.15, -0.1) is 0 Å². The van der Waals surface area contributed by atoms with Gasteiger partial charge in [0.05, 0.1) is 17.0 Å². The Morgan fingerprint density at radius 1 is 1.35 bits per heavy atom. The molecule has 1 aromatic heterocycles. The lowest BCUT2D eigenvalue weighted by Crippen LogP contribution is -2.40. The van der Waals surface area contributed by atoms with E-state index in [1.165, 1.54) is 5.56 Å². The van der Waals surface area contributed by atoms with E-state index in [2.05, 4.69) is 37.5 Å². The minimum atomic E-state index is -0.544. The maximum atomic E-state index is 10.4. The van der Waals surface area contributed by atoms with Gasteiger partial charge in [0.15, 0.2) is 0 Å². The number of hydrogen-bond acceptors (Lipinski definition) is 4. The molecule has 2 heterocycles. The van der Waals surface area contributed by atoms with Crippen LogP contribution in [0.1, 0.15) is 37.4 Å². The maximum absolute atomic E-state index is 10.4. The van der Waals surface area contributed by atoms with E-state index in [1.807, 2.05) is 34.6 Å². The Morgan fingerprint density at radius 2 is 2.13 bits per heavy atom. The summed E-state index contributed by atoms with van der Waals surface area (Å²) in [5.74, 6) is 2.27. The van der Waals surface area contributed by atoms with Gasteiger partial charge in [0.2, 0.25) is 0 Å². The minimum absolute atomic E-state index is 0.377. The van der Waals surface area contributed by atoms with Crippen LogP contribution in [0.15, 0.2) is 36.5 Å². The lowest BCUT2D eigenvalue weighted by atomic mass is 10.0. The van der Waals surface area contributed by atoms with Crippen molar-refractivity contribution < 1.29 is 5.11 Å². The second-order valence-electron chi connectivity index (χ2n) is 6.60. The third-order valence-electron chi connectivity index (χ3n) is 4.24. The van der Waals surface area contributed by atoms with E-state index >= 15 is 0 Å². The smallest absolute Gasteiger partial charge is 0.0869 e. The Bertz CT molecular complexity index is 633. The zero-order chi connectivity index (χ0) is 16.3. The van der Waals surface area contributed by atoms with Crippen molar-refractivity contribution in [2.45, 2.75) is 38.3 Å². The molecule has 2 N–H and O–H groups in total. The van der Waals surface area contributed by atoms with Gasteiger partial charge in [0, 0.05) is 30.6 Å². The van der Waals surface area contributed by atoms with Gasteiger partial charge >= 0.3 is 0 Å². The molecule has 1 aliphatic heterocycles. The molecule has 4 nitrogen and oxygen atoms in total. The van der Waals surface area contributed by atoms with Crippen LogP contribution in [0.4, 0.5) is 0 Å². The standard InChI is InChI=1S/C18H25N3OS/c1-14(2)17-15(10-19-12-18(22)8-9-23-13-18)11-21(20-17)16-6-4-3-5-7-16/h3-7,11,14,19,22H,8-10,12-13H2,1-2H3. The fourth-order valence-electron chi connectivity index (χ4n) is 2.92. The first-order valence-electron chi connectivity index (χ1n) is 8.22. The van der Waals surface area contributed by atoms with Crippen LogP contribution in [0.25, 0.3) is 5.69 Å². The lowest BCUT2D eigenvalue weighted by molar-refractivity contribution is 0.0674. The minimum Gasteiger partial charge on any atom is -0.388 e. The molecule has 124 valence electrons. The van der Waals surface area contributed by atoms with E-state index in [1.54, 1.807) is 0 Å². The van der Waals surface area contributed by atoms with Gasteiger partial charge in [-0.05, 0) is 30.2 Å². The van der Waals surface area contributed by atoms with E-state index in [0.29, 0.717) is 12.5 Å². The molecular weight excluding hydrogens is 306 g/mol. The van der Waals surface area contributed by atoms with Crippen molar-refractivity contribution in [3.63, 3.8) is 0 Å². The number of benzene rings is 1. The summed E-state index contributed by atoms with van der Waals surface area (Å²) in [6.07, 6.45) is 2.98. The summed E-state index contributed by atoms with van der Waals surface area (Å²) in [4.78, 5) is 0. The zero-order valence-corrected chi connectivity index (χ0v) is 14.6. The molecule has 5 heteroatoms. The number of hydrogen-bond donors (Lipinski definition) is 2. The number of thioether (sulfide) groups is 1. The van der Waals surface area contributed by atoms with Gasteiger partial charge in [-0.1, -0.05) is 32.0 Å². The summed E-state index contributed by atoms with van der Waals surface area (Å²) in [7, 11) is 0. The zero-order valence-electron chi connectivity index (χ0n) is 13.8. The average molecular weight is 331 g/mol. The second kappa shape index (κ2) is 7.07. The van der Waals surface area contributed by atoms with Crippen molar-refractivity contribution in [2.24, 2.45) is 0 Å². The molecule has 0 spiro atoms. The second-order valence-corrected chi connectivity index (χ2v) is 7.71. The molecule has 1 unspecified atom stereocenters. The highest BCUT2D eigenvalue weighted by Crippen LogP contribution is 2.27. The topological polar surface area (TPSA) is 50.1 Å². The number of para-hydroxylation sites is 1. The molecule has 1 fully saturated rings. The summed E-state index contributed by atoms with van der Waals surface area (Å²) < 4.78 is 1.95. The molecule has 1 aliphatic rings. The number of nitrogens with one attached hydrogen (secondary N) is 1. The van der Waals surface area contributed by atoms with Crippen molar-refractivity contribution in [3.8, 4) is 5.69 Å². The van der Waals surface area contributed by atoms with Crippen LogP contribution >= 0.6 is 11.8 Å². The van der Waals surface area contributed by atoms with Crippen molar-refractivity contribution in [1.82, 2.24) is 15.1 Å². The number of aromatic nitrogens is 2. The summed E-state index contributed by atoms with van der Waals surface area (Å²) in [5, 5.41) is 18.6. The number of aliphatic hydroxyl groups is 1.